The molecular weight excluding hydrogens is 264 g/mol. The molecule has 22 heavy (non-hydrogen) atoms. The first-order chi connectivity index (χ1) is 10.8. The third-order valence-corrected chi connectivity index (χ3v) is 2.97. The SMILES string of the molecule is C#C/C=C\c1ccccc1C#Cc1ccccc1/C=C\C#C. The predicted octanol–water partition coefficient (Wildman–Crippen LogP) is 4.38. The van der Waals surface area contributed by atoms with E-state index in [1.54, 1.807) is 12.2 Å². The first-order valence-corrected chi connectivity index (χ1v) is 6.80. The van der Waals surface area contributed by atoms with Crippen LogP contribution in [0.4, 0.5) is 0 Å². The Labute approximate surface area is 132 Å². The lowest BCUT2D eigenvalue weighted by Gasteiger charge is -1.99. The van der Waals surface area contributed by atoms with Crippen LogP contribution in [0.5, 0.6) is 0 Å². The summed E-state index contributed by atoms with van der Waals surface area (Å²) in [5, 5.41) is 0. The number of hydrogen-bond donors (Lipinski definition) is 0. The van der Waals surface area contributed by atoms with Gasteiger partial charge in [0.25, 0.3) is 0 Å². The first-order valence-electron chi connectivity index (χ1n) is 6.80. The second-order valence-electron chi connectivity index (χ2n) is 4.42. The third-order valence-electron chi connectivity index (χ3n) is 2.97. The van der Waals surface area contributed by atoms with Gasteiger partial charge in [-0.3, -0.25) is 0 Å². The van der Waals surface area contributed by atoms with Gasteiger partial charge in [-0.1, -0.05) is 60.1 Å². The summed E-state index contributed by atoms with van der Waals surface area (Å²) in [6.07, 6.45) is 17.6. The van der Waals surface area contributed by atoms with E-state index in [1.165, 1.54) is 0 Å². The van der Waals surface area contributed by atoms with Crippen LogP contribution in [0.1, 0.15) is 22.3 Å². The molecule has 0 aliphatic heterocycles. The highest BCUT2D eigenvalue weighted by Crippen LogP contribution is 2.12. The fourth-order valence-corrected chi connectivity index (χ4v) is 1.92. The largest absolute Gasteiger partial charge is 0.115 e. The van der Waals surface area contributed by atoms with Crippen LogP contribution >= 0.6 is 0 Å². The summed E-state index contributed by atoms with van der Waals surface area (Å²) in [6.45, 7) is 0. The Morgan fingerprint density at radius 2 is 1.05 bits per heavy atom. The van der Waals surface area contributed by atoms with Crippen molar-refractivity contribution in [2.75, 3.05) is 0 Å². The van der Waals surface area contributed by atoms with Crippen molar-refractivity contribution in [2.45, 2.75) is 0 Å². The maximum absolute atomic E-state index is 5.26. The molecule has 0 saturated carbocycles. The number of rotatable bonds is 2. The molecule has 0 heterocycles. The monoisotopic (exact) mass is 278 g/mol. The lowest BCUT2D eigenvalue weighted by Crippen LogP contribution is -1.84. The van der Waals surface area contributed by atoms with Crippen LogP contribution in [0, 0.1) is 36.5 Å². The van der Waals surface area contributed by atoms with Gasteiger partial charge in [-0.05, 0) is 47.6 Å². The van der Waals surface area contributed by atoms with Crippen LogP contribution in [-0.4, -0.2) is 0 Å². The standard InChI is InChI=1S/C22H14/c1-3-5-11-19-13-7-9-15-21(19)17-18-22-16-10-8-14-20(22)12-6-4-2/h1-2,5-16H/b11-5-,12-6-. The van der Waals surface area contributed by atoms with Crippen molar-refractivity contribution in [1.29, 1.82) is 0 Å². The smallest absolute Gasteiger partial charge is 0.0321 e. The van der Waals surface area contributed by atoms with E-state index in [2.05, 4.69) is 23.7 Å². The Hall–Kier alpha value is -3.40. The second kappa shape index (κ2) is 8.01. The van der Waals surface area contributed by atoms with Crippen LogP contribution in [-0.2, 0) is 0 Å². The summed E-state index contributed by atoms with van der Waals surface area (Å²) in [7, 11) is 0. The van der Waals surface area contributed by atoms with Crippen molar-refractivity contribution in [3.05, 3.63) is 82.9 Å². The lowest BCUT2D eigenvalue weighted by atomic mass is 10.0. The number of benzene rings is 2. The van der Waals surface area contributed by atoms with Crippen molar-refractivity contribution in [3.63, 3.8) is 0 Å². The van der Waals surface area contributed by atoms with Crippen molar-refractivity contribution >= 4 is 12.2 Å². The molecule has 0 heteroatoms. The van der Waals surface area contributed by atoms with Gasteiger partial charge in [0, 0.05) is 11.1 Å². The second-order valence-corrected chi connectivity index (χ2v) is 4.42. The first kappa shape index (κ1) is 15.0. The van der Waals surface area contributed by atoms with Crippen LogP contribution in [0.3, 0.4) is 0 Å². The van der Waals surface area contributed by atoms with Crippen LogP contribution < -0.4 is 0 Å². The van der Waals surface area contributed by atoms with Gasteiger partial charge in [-0.2, -0.15) is 0 Å². The third kappa shape index (κ3) is 4.05. The molecule has 0 atom stereocenters. The zero-order valence-corrected chi connectivity index (χ0v) is 12.1. The van der Waals surface area contributed by atoms with E-state index in [0.717, 1.165) is 22.3 Å². The van der Waals surface area contributed by atoms with Gasteiger partial charge >= 0.3 is 0 Å². The minimum atomic E-state index is 0.935. The Bertz CT molecular complexity index is 782. The van der Waals surface area contributed by atoms with Gasteiger partial charge in [0.1, 0.15) is 0 Å². The van der Waals surface area contributed by atoms with Crippen molar-refractivity contribution in [1.82, 2.24) is 0 Å². The predicted molar refractivity (Wildman–Crippen MR) is 94.6 cm³/mol. The molecule has 0 aliphatic carbocycles. The molecule has 0 nitrogen and oxygen atoms in total. The topological polar surface area (TPSA) is 0 Å². The molecule has 0 amide bonds. The number of terminal acetylenes is 2. The van der Waals surface area contributed by atoms with E-state index >= 15 is 0 Å². The minimum Gasteiger partial charge on any atom is -0.115 e. The van der Waals surface area contributed by atoms with Crippen LogP contribution in [0.15, 0.2) is 60.7 Å². The van der Waals surface area contributed by atoms with E-state index in [1.807, 2.05) is 60.7 Å². The van der Waals surface area contributed by atoms with Gasteiger partial charge < -0.3 is 0 Å². The number of hydrogen-bond acceptors (Lipinski definition) is 0. The molecule has 2 aromatic rings. The lowest BCUT2D eigenvalue weighted by molar-refractivity contribution is 1.58. The molecule has 0 spiro atoms. The van der Waals surface area contributed by atoms with Crippen LogP contribution in [0.2, 0.25) is 0 Å². The van der Waals surface area contributed by atoms with Gasteiger partial charge in [0.05, 0.1) is 0 Å². The highest BCUT2D eigenvalue weighted by atomic mass is 14.0. The van der Waals surface area contributed by atoms with E-state index in [-0.39, 0.29) is 0 Å². The van der Waals surface area contributed by atoms with Crippen molar-refractivity contribution in [3.8, 4) is 36.5 Å². The molecule has 2 aromatic carbocycles. The molecule has 102 valence electrons. The summed E-state index contributed by atoms with van der Waals surface area (Å²) in [4.78, 5) is 0. The Morgan fingerprint density at radius 1 is 0.636 bits per heavy atom. The van der Waals surface area contributed by atoms with Gasteiger partial charge in [0.15, 0.2) is 0 Å². The van der Waals surface area contributed by atoms with E-state index in [4.69, 9.17) is 12.8 Å². The van der Waals surface area contributed by atoms with Gasteiger partial charge in [-0.25, -0.2) is 0 Å². The summed E-state index contributed by atoms with van der Waals surface area (Å²) >= 11 is 0. The average molecular weight is 278 g/mol. The fourth-order valence-electron chi connectivity index (χ4n) is 1.92. The quantitative estimate of drug-likeness (QED) is 0.715. The van der Waals surface area contributed by atoms with E-state index < -0.39 is 0 Å². The molecule has 0 aromatic heterocycles. The molecule has 2 rings (SSSR count). The van der Waals surface area contributed by atoms with Crippen molar-refractivity contribution in [2.24, 2.45) is 0 Å². The molecule has 0 bridgehead atoms. The zero-order valence-electron chi connectivity index (χ0n) is 12.1. The average Bonchev–Trinajstić information content (AvgIpc) is 2.57. The molecule has 0 saturated heterocycles. The highest BCUT2D eigenvalue weighted by molar-refractivity contribution is 5.64. The maximum Gasteiger partial charge on any atom is 0.0321 e. The molecule has 0 fully saturated rings. The molecule has 0 N–H and O–H groups in total. The molecule has 0 radical (unpaired) electrons. The van der Waals surface area contributed by atoms with Crippen molar-refractivity contribution < 1.29 is 0 Å². The summed E-state index contributed by atoms with van der Waals surface area (Å²) in [5.41, 5.74) is 3.88. The summed E-state index contributed by atoms with van der Waals surface area (Å²) in [6, 6.07) is 15.8. The van der Waals surface area contributed by atoms with Gasteiger partial charge in [-0.15, -0.1) is 12.8 Å². The molecular formula is C22H14. The Morgan fingerprint density at radius 3 is 1.45 bits per heavy atom. The van der Waals surface area contributed by atoms with Gasteiger partial charge in [0.2, 0.25) is 0 Å². The maximum atomic E-state index is 5.26. The van der Waals surface area contributed by atoms with Crippen LogP contribution in [0.25, 0.3) is 12.2 Å². The summed E-state index contributed by atoms with van der Waals surface area (Å²) < 4.78 is 0. The fraction of sp³-hybridized carbons (Fsp3) is 0. The summed E-state index contributed by atoms with van der Waals surface area (Å²) in [5.74, 6) is 11.4. The molecule has 0 aliphatic rings. The highest BCUT2D eigenvalue weighted by Gasteiger charge is 1.96. The van der Waals surface area contributed by atoms with E-state index in [0.29, 0.717) is 0 Å². The Balaban J connectivity index is 2.41. The zero-order chi connectivity index (χ0) is 15.6. The minimum absolute atomic E-state index is 0.935. The Kier molecular flexibility index (Phi) is 5.46. The molecule has 0 unspecified atom stereocenters. The van der Waals surface area contributed by atoms with E-state index in [9.17, 15) is 0 Å². The number of allylic oxidation sites excluding steroid dienone is 2. The normalized spacial score (nSPS) is 9.91.